The highest BCUT2D eigenvalue weighted by molar-refractivity contribution is 5.95. The van der Waals surface area contributed by atoms with E-state index in [-0.39, 0.29) is 5.91 Å². The number of hydrogen-bond donors (Lipinski definition) is 1. The van der Waals surface area contributed by atoms with Crippen molar-refractivity contribution in [1.29, 1.82) is 0 Å². The molecule has 25 heavy (non-hydrogen) atoms. The molecule has 2 aromatic carbocycles. The Labute approximate surface area is 148 Å². The molecule has 0 aromatic heterocycles. The van der Waals surface area contributed by atoms with Crippen LogP contribution in [0.15, 0.2) is 48.5 Å². The first-order valence-electron chi connectivity index (χ1n) is 8.78. The number of para-hydroxylation sites is 1. The number of nitrogens with one attached hydrogen (secondary N) is 1. The molecule has 2 aliphatic heterocycles. The van der Waals surface area contributed by atoms with Gasteiger partial charge in [-0.2, -0.15) is 0 Å². The van der Waals surface area contributed by atoms with Crippen LogP contribution < -0.4 is 15.0 Å². The molecule has 5 nitrogen and oxygen atoms in total. The van der Waals surface area contributed by atoms with Crippen molar-refractivity contribution in [2.24, 2.45) is 0 Å². The van der Waals surface area contributed by atoms with Gasteiger partial charge in [-0.15, -0.1) is 0 Å². The van der Waals surface area contributed by atoms with Gasteiger partial charge < -0.3 is 19.9 Å². The lowest BCUT2D eigenvalue weighted by molar-refractivity contribution is -0.122. The monoisotopic (exact) mass is 337 g/mol. The summed E-state index contributed by atoms with van der Waals surface area (Å²) in [5.41, 5.74) is 3.10. The van der Waals surface area contributed by atoms with Gasteiger partial charge in [0.15, 0.2) is 6.10 Å². The first kappa shape index (κ1) is 16.0. The summed E-state index contributed by atoms with van der Waals surface area (Å²) in [6.07, 6.45) is 0.177. The zero-order valence-corrected chi connectivity index (χ0v) is 14.4. The summed E-state index contributed by atoms with van der Waals surface area (Å²) in [7, 11) is 2.15. The minimum atomic E-state index is -0.449. The van der Waals surface area contributed by atoms with Crippen molar-refractivity contribution < 1.29 is 9.53 Å². The van der Waals surface area contributed by atoms with E-state index in [1.165, 1.54) is 5.69 Å². The molecule has 0 spiro atoms. The van der Waals surface area contributed by atoms with Gasteiger partial charge in [0.05, 0.1) is 0 Å². The fourth-order valence-corrected chi connectivity index (χ4v) is 3.37. The molecule has 1 N–H and O–H groups in total. The Morgan fingerprint density at radius 2 is 1.76 bits per heavy atom. The number of piperazine rings is 1. The van der Waals surface area contributed by atoms with Gasteiger partial charge in [-0.1, -0.05) is 18.2 Å². The van der Waals surface area contributed by atoms with Crippen molar-refractivity contribution in [1.82, 2.24) is 4.90 Å². The number of rotatable bonds is 3. The number of fused-ring (bicyclic) bond motifs is 1. The SMILES string of the molecule is CN1CCN(c2ccc(NC(=O)C3Cc4ccccc4O3)cc2)CC1. The predicted octanol–water partition coefficient (Wildman–Crippen LogP) is 2.38. The smallest absolute Gasteiger partial charge is 0.265 e. The number of amides is 1. The average molecular weight is 337 g/mol. The van der Waals surface area contributed by atoms with E-state index in [2.05, 4.69) is 34.3 Å². The van der Waals surface area contributed by atoms with E-state index in [1.54, 1.807) is 0 Å². The van der Waals surface area contributed by atoms with E-state index in [0.29, 0.717) is 6.42 Å². The van der Waals surface area contributed by atoms with Gasteiger partial charge in [0.25, 0.3) is 5.91 Å². The summed E-state index contributed by atoms with van der Waals surface area (Å²) in [5, 5.41) is 2.97. The number of ether oxygens (including phenoxy) is 1. The van der Waals surface area contributed by atoms with E-state index in [1.807, 2.05) is 36.4 Å². The molecule has 1 atom stereocenters. The molecule has 2 heterocycles. The molecule has 4 rings (SSSR count). The third-order valence-corrected chi connectivity index (χ3v) is 4.94. The maximum Gasteiger partial charge on any atom is 0.265 e. The van der Waals surface area contributed by atoms with Crippen LogP contribution in [0.4, 0.5) is 11.4 Å². The molecule has 0 bridgehead atoms. The van der Waals surface area contributed by atoms with E-state index in [4.69, 9.17) is 4.74 Å². The summed E-state index contributed by atoms with van der Waals surface area (Å²) < 4.78 is 5.74. The minimum Gasteiger partial charge on any atom is -0.480 e. The van der Waals surface area contributed by atoms with Gasteiger partial charge in [0, 0.05) is 44.0 Å². The summed E-state index contributed by atoms with van der Waals surface area (Å²) in [6.45, 7) is 4.24. The Bertz CT molecular complexity index is 727. The molecule has 5 heteroatoms. The Balaban J connectivity index is 1.36. The molecule has 0 radical (unpaired) electrons. The third-order valence-electron chi connectivity index (χ3n) is 4.94. The van der Waals surface area contributed by atoms with E-state index < -0.39 is 6.10 Å². The lowest BCUT2D eigenvalue weighted by Crippen LogP contribution is -2.44. The maximum absolute atomic E-state index is 12.5. The normalized spacial score (nSPS) is 20.0. The Morgan fingerprint density at radius 3 is 2.48 bits per heavy atom. The molecule has 2 aromatic rings. The van der Waals surface area contributed by atoms with Crippen LogP contribution in [0, 0.1) is 0 Å². The fourth-order valence-electron chi connectivity index (χ4n) is 3.37. The van der Waals surface area contributed by atoms with Crippen LogP contribution in [0.25, 0.3) is 0 Å². The van der Waals surface area contributed by atoms with Gasteiger partial charge >= 0.3 is 0 Å². The van der Waals surface area contributed by atoms with Crippen molar-refractivity contribution in [2.45, 2.75) is 12.5 Å². The zero-order valence-electron chi connectivity index (χ0n) is 14.4. The van der Waals surface area contributed by atoms with Crippen LogP contribution in [-0.4, -0.2) is 50.1 Å². The summed E-state index contributed by atoms with van der Waals surface area (Å²) in [5.74, 6) is 0.719. The second-order valence-corrected chi connectivity index (χ2v) is 6.74. The van der Waals surface area contributed by atoms with Crippen LogP contribution in [-0.2, 0) is 11.2 Å². The quantitative estimate of drug-likeness (QED) is 0.934. The first-order valence-corrected chi connectivity index (χ1v) is 8.78. The summed E-state index contributed by atoms with van der Waals surface area (Å²) in [4.78, 5) is 17.2. The molecule has 1 saturated heterocycles. The van der Waals surface area contributed by atoms with Crippen LogP contribution in [0.2, 0.25) is 0 Å². The number of carbonyl (C=O) groups is 1. The van der Waals surface area contributed by atoms with Crippen molar-refractivity contribution in [3.63, 3.8) is 0 Å². The molecule has 1 unspecified atom stereocenters. The highest BCUT2D eigenvalue weighted by Gasteiger charge is 2.28. The van der Waals surface area contributed by atoms with Gasteiger partial charge in [-0.05, 0) is 42.9 Å². The standard InChI is InChI=1S/C20H23N3O2/c1-22-10-12-23(13-11-22)17-8-6-16(7-9-17)21-20(24)19-14-15-4-2-3-5-18(15)25-19/h2-9,19H,10-14H2,1H3,(H,21,24). The topological polar surface area (TPSA) is 44.8 Å². The molecule has 2 aliphatic rings. The van der Waals surface area contributed by atoms with E-state index in [0.717, 1.165) is 43.2 Å². The first-order chi connectivity index (χ1) is 12.2. The van der Waals surface area contributed by atoms with Crippen LogP contribution >= 0.6 is 0 Å². The minimum absolute atomic E-state index is 0.0939. The Morgan fingerprint density at radius 1 is 1.04 bits per heavy atom. The second kappa shape index (κ2) is 6.76. The van der Waals surface area contributed by atoms with Gasteiger partial charge in [0.2, 0.25) is 0 Å². The van der Waals surface area contributed by atoms with Crippen LogP contribution in [0.1, 0.15) is 5.56 Å². The van der Waals surface area contributed by atoms with E-state index >= 15 is 0 Å². The molecule has 130 valence electrons. The third kappa shape index (κ3) is 3.46. The molecule has 1 fully saturated rings. The molecule has 0 aliphatic carbocycles. The van der Waals surface area contributed by atoms with Crippen LogP contribution in [0.5, 0.6) is 5.75 Å². The van der Waals surface area contributed by atoms with Crippen molar-refractivity contribution in [3.05, 3.63) is 54.1 Å². The number of benzene rings is 2. The number of likely N-dealkylation sites (N-methyl/N-ethyl adjacent to an activating group) is 1. The molecule has 0 saturated carbocycles. The molecular formula is C20H23N3O2. The predicted molar refractivity (Wildman–Crippen MR) is 99.3 cm³/mol. The maximum atomic E-state index is 12.5. The van der Waals surface area contributed by atoms with Crippen molar-refractivity contribution in [2.75, 3.05) is 43.4 Å². The fraction of sp³-hybridized carbons (Fsp3) is 0.350. The van der Waals surface area contributed by atoms with Crippen molar-refractivity contribution >= 4 is 17.3 Å². The number of carbonyl (C=O) groups excluding carboxylic acids is 1. The average Bonchev–Trinajstić information content (AvgIpc) is 3.07. The van der Waals surface area contributed by atoms with Crippen molar-refractivity contribution in [3.8, 4) is 5.75 Å². The van der Waals surface area contributed by atoms with Gasteiger partial charge in [-0.3, -0.25) is 4.79 Å². The lowest BCUT2D eigenvalue weighted by atomic mass is 10.1. The van der Waals surface area contributed by atoms with E-state index in [9.17, 15) is 4.79 Å². The number of nitrogens with zero attached hydrogens (tertiary/aromatic N) is 2. The number of hydrogen-bond acceptors (Lipinski definition) is 4. The summed E-state index contributed by atoms with van der Waals surface area (Å²) >= 11 is 0. The van der Waals surface area contributed by atoms with Gasteiger partial charge in [0.1, 0.15) is 5.75 Å². The number of anilines is 2. The molecule has 1 amide bonds. The van der Waals surface area contributed by atoms with Crippen LogP contribution in [0.3, 0.4) is 0 Å². The second-order valence-electron chi connectivity index (χ2n) is 6.74. The largest absolute Gasteiger partial charge is 0.480 e. The van der Waals surface area contributed by atoms with Gasteiger partial charge in [-0.25, -0.2) is 0 Å². The Kier molecular flexibility index (Phi) is 4.32. The molecular weight excluding hydrogens is 314 g/mol. The lowest BCUT2D eigenvalue weighted by Gasteiger charge is -2.34. The highest BCUT2D eigenvalue weighted by Crippen LogP contribution is 2.29. The summed E-state index contributed by atoms with van der Waals surface area (Å²) in [6, 6.07) is 15.9. The Hall–Kier alpha value is -2.53. The highest BCUT2D eigenvalue weighted by atomic mass is 16.5. The zero-order chi connectivity index (χ0) is 17.2.